The van der Waals surface area contributed by atoms with E-state index < -0.39 is 0 Å². The number of aliphatic imine (C=N–C) groups is 1. The van der Waals surface area contributed by atoms with Gasteiger partial charge < -0.3 is 20.3 Å². The second-order valence-corrected chi connectivity index (χ2v) is 7.06. The van der Waals surface area contributed by atoms with Gasteiger partial charge in [0.25, 0.3) is 0 Å². The quantitative estimate of drug-likeness (QED) is 0.308. The molecule has 0 aromatic carbocycles. The molecule has 0 saturated carbocycles. The monoisotopic (exact) mass is 528 g/mol. The number of anilines is 1. The highest BCUT2D eigenvalue weighted by Crippen LogP contribution is 2.14. The van der Waals surface area contributed by atoms with Gasteiger partial charge >= 0.3 is 0 Å². The number of ether oxygens (including phenoxy) is 1. The van der Waals surface area contributed by atoms with Gasteiger partial charge in [-0.05, 0) is 31.9 Å². The van der Waals surface area contributed by atoms with Crippen molar-refractivity contribution in [3.8, 4) is 0 Å². The Morgan fingerprint density at radius 2 is 2.13 bits per heavy atom. The maximum absolute atomic E-state index is 5.13. The number of aryl methyl sites for hydroxylation is 1. The van der Waals surface area contributed by atoms with Crippen molar-refractivity contribution >= 4 is 35.8 Å². The van der Waals surface area contributed by atoms with E-state index in [9.17, 15) is 0 Å². The van der Waals surface area contributed by atoms with E-state index in [1.807, 2.05) is 10.9 Å². The lowest BCUT2D eigenvalue weighted by atomic mass is 10.1. The molecule has 30 heavy (non-hydrogen) atoms. The molecule has 166 valence electrons. The number of rotatable bonds is 8. The van der Waals surface area contributed by atoms with Gasteiger partial charge in [-0.25, -0.2) is 14.6 Å². The molecule has 0 bridgehead atoms. The maximum Gasteiger partial charge on any atom is 0.191 e. The average Bonchev–Trinajstić information content (AvgIpc) is 3.15. The van der Waals surface area contributed by atoms with E-state index in [0.717, 1.165) is 61.5 Å². The predicted octanol–water partition coefficient (Wildman–Crippen LogP) is 1.96. The number of pyridine rings is 1. The zero-order valence-electron chi connectivity index (χ0n) is 18.3. The van der Waals surface area contributed by atoms with Crippen LogP contribution in [0, 0.1) is 0 Å². The van der Waals surface area contributed by atoms with Crippen LogP contribution in [0.5, 0.6) is 0 Å². The van der Waals surface area contributed by atoms with Crippen LogP contribution in [-0.2, 0) is 30.9 Å². The first-order valence-electron chi connectivity index (χ1n) is 10.2. The summed E-state index contributed by atoms with van der Waals surface area (Å²) in [5.41, 5.74) is 1.12. The fourth-order valence-corrected chi connectivity index (χ4v) is 3.50. The van der Waals surface area contributed by atoms with Gasteiger partial charge in [-0.15, -0.1) is 24.0 Å². The van der Waals surface area contributed by atoms with Crippen molar-refractivity contribution in [2.24, 2.45) is 4.99 Å². The van der Waals surface area contributed by atoms with Crippen LogP contribution in [0.3, 0.4) is 0 Å². The molecule has 0 fully saturated rings. The van der Waals surface area contributed by atoms with Gasteiger partial charge in [0.15, 0.2) is 11.8 Å². The largest absolute Gasteiger partial charge is 0.377 e. The third-order valence-corrected chi connectivity index (χ3v) is 5.10. The topological polar surface area (TPSA) is 92.5 Å². The summed E-state index contributed by atoms with van der Waals surface area (Å²) < 4.78 is 7.10. The van der Waals surface area contributed by atoms with E-state index in [-0.39, 0.29) is 30.0 Å². The van der Waals surface area contributed by atoms with Crippen LogP contribution in [0.2, 0.25) is 0 Å². The van der Waals surface area contributed by atoms with E-state index >= 15 is 0 Å². The van der Waals surface area contributed by atoms with Crippen LogP contribution in [0.25, 0.3) is 0 Å². The fourth-order valence-electron chi connectivity index (χ4n) is 3.50. The zero-order chi connectivity index (χ0) is 20.6. The molecular weight excluding hydrogens is 495 g/mol. The Morgan fingerprint density at radius 3 is 2.77 bits per heavy atom. The van der Waals surface area contributed by atoms with Crippen molar-refractivity contribution in [2.75, 3.05) is 32.1 Å². The molecule has 2 aromatic heterocycles. The first-order valence-corrected chi connectivity index (χ1v) is 10.2. The predicted molar refractivity (Wildman–Crippen MR) is 129 cm³/mol. The summed E-state index contributed by atoms with van der Waals surface area (Å²) in [6.07, 6.45) is 3.81. The third-order valence-electron chi connectivity index (χ3n) is 5.10. The summed E-state index contributed by atoms with van der Waals surface area (Å²) >= 11 is 0. The van der Waals surface area contributed by atoms with Gasteiger partial charge in [0.2, 0.25) is 0 Å². The van der Waals surface area contributed by atoms with Gasteiger partial charge in [-0.1, -0.05) is 6.07 Å². The molecular formula is C20H33IN8O. The number of hydrogen-bond acceptors (Lipinski definition) is 6. The van der Waals surface area contributed by atoms with E-state index in [4.69, 9.17) is 4.74 Å². The second kappa shape index (κ2) is 12.0. The van der Waals surface area contributed by atoms with Crippen molar-refractivity contribution < 1.29 is 4.74 Å². The summed E-state index contributed by atoms with van der Waals surface area (Å²) in [4.78, 5) is 15.7. The highest BCUT2D eigenvalue weighted by Gasteiger charge is 2.22. The Labute approximate surface area is 195 Å². The van der Waals surface area contributed by atoms with E-state index in [1.165, 1.54) is 0 Å². The van der Waals surface area contributed by atoms with Crippen LogP contribution in [-0.4, -0.2) is 59.0 Å². The lowest BCUT2D eigenvalue weighted by Crippen LogP contribution is -2.46. The normalized spacial score (nSPS) is 15.9. The molecule has 1 atom stereocenters. The first-order chi connectivity index (χ1) is 14.2. The van der Waals surface area contributed by atoms with Crippen molar-refractivity contribution in [3.05, 3.63) is 35.5 Å². The van der Waals surface area contributed by atoms with Crippen molar-refractivity contribution in [1.82, 2.24) is 30.4 Å². The minimum Gasteiger partial charge on any atom is -0.377 e. The third kappa shape index (κ3) is 6.27. The van der Waals surface area contributed by atoms with Crippen LogP contribution in [0.4, 0.5) is 5.82 Å². The fraction of sp³-hybridized carbons (Fsp3) is 0.600. The molecule has 1 aliphatic heterocycles. The number of methoxy groups -OCH3 is 1. The van der Waals surface area contributed by atoms with Crippen molar-refractivity contribution in [2.45, 2.75) is 52.4 Å². The molecule has 3 rings (SSSR count). The Morgan fingerprint density at radius 1 is 1.33 bits per heavy atom. The number of halogens is 1. The zero-order valence-corrected chi connectivity index (χ0v) is 20.6. The van der Waals surface area contributed by atoms with Gasteiger partial charge in [0, 0.05) is 52.5 Å². The molecule has 2 aromatic rings. The minimum atomic E-state index is 0. The number of aromatic nitrogens is 4. The summed E-state index contributed by atoms with van der Waals surface area (Å²) in [5, 5.41) is 11.4. The highest BCUT2D eigenvalue weighted by molar-refractivity contribution is 14.0. The number of nitrogens with zero attached hydrogens (tertiary/aromatic N) is 6. The molecule has 2 N–H and O–H groups in total. The summed E-state index contributed by atoms with van der Waals surface area (Å²) in [7, 11) is 3.45. The van der Waals surface area contributed by atoms with Crippen molar-refractivity contribution in [3.63, 3.8) is 0 Å². The van der Waals surface area contributed by atoms with Gasteiger partial charge in [-0.2, -0.15) is 5.10 Å². The SMILES string of the molecule is CCN(CC)c1ccc(CNC(=NC)NC2CCc3nc(COC)nn3C2)cn1.I. The summed E-state index contributed by atoms with van der Waals surface area (Å²) in [6.45, 7) is 8.09. The lowest BCUT2D eigenvalue weighted by Gasteiger charge is -2.25. The van der Waals surface area contributed by atoms with Crippen LogP contribution in [0.15, 0.2) is 23.3 Å². The lowest BCUT2D eigenvalue weighted by molar-refractivity contribution is 0.177. The summed E-state index contributed by atoms with van der Waals surface area (Å²) in [6, 6.07) is 4.44. The highest BCUT2D eigenvalue weighted by atomic mass is 127. The van der Waals surface area contributed by atoms with Gasteiger partial charge in [-0.3, -0.25) is 4.99 Å². The Bertz CT molecular complexity index is 804. The molecule has 3 heterocycles. The maximum atomic E-state index is 5.13. The number of fused-ring (bicyclic) bond motifs is 1. The van der Waals surface area contributed by atoms with Crippen LogP contribution < -0.4 is 15.5 Å². The molecule has 1 aliphatic rings. The molecule has 9 nitrogen and oxygen atoms in total. The Hall–Kier alpha value is -1.95. The number of nitrogens with one attached hydrogen (secondary N) is 2. The molecule has 0 amide bonds. The Kier molecular flexibility index (Phi) is 9.76. The van der Waals surface area contributed by atoms with Crippen molar-refractivity contribution in [1.29, 1.82) is 0 Å². The van der Waals surface area contributed by atoms with Crippen LogP contribution >= 0.6 is 24.0 Å². The van der Waals surface area contributed by atoms with Gasteiger partial charge in [0.05, 0.1) is 6.54 Å². The van der Waals surface area contributed by atoms with E-state index in [1.54, 1.807) is 14.2 Å². The molecule has 0 aliphatic carbocycles. The number of guanidine groups is 1. The van der Waals surface area contributed by atoms with E-state index in [2.05, 4.69) is 61.6 Å². The molecule has 0 radical (unpaired) electrons. The second-order valence-electron chi connectivity index (χ2n) is 7.06. The molecule has 0 spiro atoms. The Balaban J connectivity index is 0.00000320. The molecule has 1 unspecified atom stereocenters. The standard InChI is InChI=1S/C20H32N8O.HI/c1-5-27(6-2)18-9-7-15(11-22-18)12-23-20(21-3)24-16-8-10-19-25-17(14-29-4)26-28(19)13-16;/h7,9,11,16H,5-6,8,10,12-14H2,1-4H3,(H2,21,23,24);1H. The molecule has 0 saturated heterocycles. The molecule has 10 heteroatoms. The minimum absolute atomic E-state index is 0. The van der Waals surface area contributed by atoms with E-state index in [0.29, 0.717) is 13.2 Å². The summed E-state index contributed by atoms with van der Waals surface area (Å²) in [5.74, 6) is 3.56. The first kappa shape index (κ1) is 24.3. The smallest absolute Gasteiger partial charge is 0.191 e. The van der Waals surface area contributed by atoms with Gasteiger partial charge in [0.1, 0.15) is 18.2 Å². The average molecular weight is 528 g/mol. The van der Waals surface area contributed by atoms with Crippen LogP contribution in [0.1, 0.15) is 37.5 Å². The number of hydrogen-bond donors (Lipinski definition) is 2.